The second-order valence-corrected chi connectivity index (χ2v) is 5.85. The average Bonchev–Trinajstić information content (AvgIpc) is 2.85. The van der Waals surface area contributed by atoms with Gasteiger partial charge in [0.25, 0.3) is 0 Å². The summed E-state index contributed by atoms with van der Waals surface area (Å²) in [4.78, 5) is 15.5. The maximum absolute atomic E-state index is 11.3. The van der Waals surface area contributed by atoms with Gasteiger partial charge in [-0.05, 0) is 12.8 Å². The standard InChI is InChI=1S/C14H24N4O2/c1-10(2)9-13-15-16-14(20-13)11(3)17-5-7-18(8-6-17)12(4)19/h10-11H,5-9H2,1-4H3/t11-/m0/s1. The second-order valence-electron chi connectivity index (χ2n) is 5.85. The molecule has 1 aliphatic heterocycles. The van der Waals surface area contributed by atoms with Crippen molar-refractivity contribution in [3.8, 4) is 0 Å². The van der Waals surface area contributed by atoms with Crippen molar-refractivity contribution in [3.05, 3.63) is 11.8 Å². The normalized spacial score (nSPS) is 18.6. The van der Waals surface area contributed by atoms with E-state index in [1.165, 1.54) is 0 Å². The van der Waals surface area contributed by atoms with Crippen molar-refractivity contribution < 1.29 is 9.21 Å². The molecule has 6 heteroatoms. The summed E-state index contributed by atoms with van der Waals surface area (Å²) in [5.41, 5.74) is 0. The van der Waals surface area contributed by atoms with Crippen molar-refractivity contribution in [2.45, 2.75) is 40.2 Å². The van der Waals surface area contributed by atoms with Gasteiger partial charge in [-0.25, -0.2) is 0 Å². The Balaban J connectivity index is 1.93. The van der Waals surface area contributed by atoms with Gasteiger partial charge in [0.05, 0.1) is 6.04 Å². The lowest BCUT2D eigenvalue weighted by molar-refractivity contribution is -0.130. The molecule has 1 amide bonds. The van der Waals surface area contributed by atoms with Crippen LogP contribution < -0.4 is 0 Å². The van der Waals surface area contributed by atoms with Crippen molar-refractivity contribution >= 4 is 5.91 Å². The number of hydrogen-bond donors (Lipinski definition) is 0. The quantitative estimate of drug-likeness (QED) is 0.836. The number of carbonyl (C=O) groups excluding carboxylic acids is 1. The Morgan fingerprint density at radius 3 is 2.40 bits per heavy atom. The molecule has 0 radical (unpaired) electrons. The lowest BCUT2D eigenvalue weighted by atomic mass is 10.1. The molecule has 1 saturated heterocycles. The number of carbonyl (C=O) groups is 1. The summed E-state index contributed by atoms with van der Waals surface area (Å²) in [6, 6.07) is 0.109. The molecular formula is C14H24N4O2. The Morgan fingerprint density at radius 1 is 1.20 bits per heavy atom. The van der Waals surface area contributed by atoms with Gasteiger partial charge < -0.3 is 9.32 Å². The molecule has 6 nitrogen and oxygen atoms in total. The second kappa shape index (κ2) is 6.35. The van der Waals surface area contributed by atoms with Crippen LogP contribution in [0.1, 0.15) is 45.5 Å². The highest BCUT2D eigenvalue weighted by molar-refractivity contribution is 5.73. The lowest BCUT2D eigenvalue weighted by Crippen LogP contribution is -2.48. The average molecular weight is 280 g/mol. The number of piperazine rings is 1. The third kappa shape index (κ3) is 3.56. The van der Waals surface area contributed by atoms with Crippen LogP contribution in [0.25, 0.3) is 0 Å². The van der Waals surface area contributed by atoms with Crippen LogP contribution in [0, 0.1) is 5.92 Å². The van der Waals surface area contributed by atoms with Gasteiger partial charge in [0.2, 0.25) is 17.7 Å². The summed E-state index contributed by atoms with van der Waals surface area (Å²) < 4.78 is 5.74. The first-order chi connectivity index (χ1) is 9.47. The number of amides is 1. The Morgan fingerprint density at radius 2 is 1.85 bits per heavy atom. The smallest absolute Gasteiger partial charge is 0.233 e. The van der Waals surface area contributed by atoms with E-state index < -0.39 is 0 Å². The highest BCUT2D eigenvalue weighted by atomic mass is 16.4. The van der Waals surface area contributed by atoms with Gasteiger partial charge in [0.15, 0.2) is 0 Å². The number of aromatic nitrogens is 2. The monoisotopic (exact) mass is 280 g/mol. The fourth-order valence-electron chi connectivity index (χ4n) is 2.45. The Kier molecular flexibility index (Phi) is 4.75. The summed E-state index contributed by atoms with van der Waals surface area (Å²) >= 11 is 0. The van der Waals surface area contributed by atoms with Crippen LogP contribution in [0.2, 0.25) is 0 Å². The molecule has 1 aromatic rings. The van der Waals surface area contributed by atoms with Gasteiger partial charge in [-0.15, -0.1) is 10.2 Å². The van der Waals surface area contributed by atoms with E-state index in [9.17, 15) is 4.79 Å². The summed E-state index contributed by atoms with van der Waals surface area (Å²) in [6.45, 7) is 11.2. The minimum atomic E-state index is 0.109. The number of nitrogens with zero attached hydrogens (tertiary/aromatic N) is 4. The molecule has 0 aromatic carbocycles. The van der Waals surface area contributed by atoms with E-state index in [4.69, 9.17) is 4.42 Å². The van der Waals surface area contributed by atoms with Gasteiger partial charge in [-0.1, -0.05) is 13.8 Å². The molecule has 112 valence electrons. The summed E-state index contributed by atoms with van der Waals surface area (Å²) in [5, 5.41) is 8.27. The van der Waals surface area contributed by atoms with Crippen molar-refractivity contribution in [1.82, 2.24) is 20.0 Å². The van der Waals surface area contributed by atoms with Gasteiger partial charge in [-0.2, -0.15) is 0 Å². The molecule has 0 saturated carbocycles. The molecule has 1 aliphatic rings. The fraction of sp³-hybridized carbons (Fsp3) is 0.786. The largest absolute Gasteiger partial charge is 0.424 e. The molecule has 1 atom stereocenters. The molecule has 2 heterocycles. The third-order valence-electron chi connectivity index (χ3n) is 3.73. The predicted octanol–water partition coefficient (Wildman–Crippen LogP) is 1.49. The highest BCUT2D eigenvalue weighted by Crippen LogP contribution is 2.21. The molecule has 1 fully saturated rings. The van der Waals surface area contributed by atoms with Crippen LogP contribution in [-0.2, 0) is 11.2 Å². The molecule has 2 rings (SSSR count). The van der Waals surface area contributed by atoms with E-state index in [0.717, 1.165) is 32.6 Å². The van der Waals surface area contributed by atoms with Crippen molar-refractivity contribution in [1.29, 1.82) is 0 Å². The molecule has 20 heavy (non-hydrogen) atoms. The minimum absolute atomic E-state index is 0.109. The van der Waals surface area contributed by atoms with E-state index in [1.807, 2.05) is 4.90 Å². The van der Waals surface area contributed by atoms with Crippen molar-refractivity contribution in [3.63, 3.8) is 0 Å². The zero-order valence-corrected chi connectivity index (χ0v) is 12.8. The van der Waals surface area contributed by atoms with Gasteiger partial charge >= 0.3 is 0 Å². The van der Waals surface area contributed by atoms with Gasteiger partial charge in [0, 0.05) is 39.5 Å². The zero-order chi connectivity index (χ0) is 14.7. The first kappa shape index (κ1) is 15.0. The maximum Gasteiger partial charge on any atom is 0.233 e. The molecule has 1 aromatic heterocycles. The summed E-state index contributed by atoms with van der Waals surface area (Å²) in [7, 11) is 0. The number of hydrogen-bond acceptors (Lipinski definition) is 5. The molecule has 0 unspecified atom stereocenters. The maximum atomic E-state index is 11.3. The Bertz CT molecular complexity index is 450. The molecule has 0 N–H and O–H groups in total. The van der Waals surface area contributed by atoms with E-state index in [2.05, 4.69) is 35.9 Å². The lowest BCUT2D eigenvalue weighted by Gasteiger charge is -2.36. The van der Waals surface area contributed by atoms with Crippen molar-refractivity contribution in [2.24, 2.45) is 5.92 Å². The third-order valence-corrected chi connectivity index (χ3v) is 3.73. The highest BCUT2D eigenvalue weighted by Gasteiger charge is 2.26. The van der Waals surface area contributed by atoms with Crippen LogP contribution >= 0.6 is 0 Å². The van der Waals surface area contributed by atoms with Crippen LogP contribution in [0.15, 0.2) is 4.42 Å². The Hall–Kier alpha value is -1.43. The van der Waals surface area contributed by atoms with Crippen LogP contribution in [0.5, 0.6) is 0 Å². The first-order valence-corrected chi connectivity index (χ1v) is 7.29. The van der Waals surface area contributed by atoms with Gasteiger partial charge in [0.1, 0.15) is 0 Å². The van der Waals surface area contributed by atoms with E-state index in [0.29, 0.717) is 17.7 Å². The van der Waals surface area contributed by atoms with E-state index in [-0.39, 0.29) is 11.9 Å². The number of rotatable bonds is 4. The SMILES string of the molecule is CC(=O)N1CCN([C@@H](C)c2nnc(CC(C)C)o2)CC1. The predicted molar refractivity (Wildman–Crippen MR) is 75.1 cm³/mol. The van der Waals surface area contributed by atoms with Crippen LogP contribution in [0.4, 0.5) is 0 Å². The fourth-order valence-corrected chi connectivity index (χ4v) is 2.45. The molecule has 0 spiro atoms. The van der Waals surface area contributed by atoms with E-state index in [1.54, 1.807) is 6.92 Å². The zero-order valence-electron chi connectivity index (χ0n) is 12.8. The topological polar surface area (TPSA) is 62.5 Å². The minimum Gasteiger partial charge on any atom is -0.424 e. The summed E-state index contributed by atoms with van der Waals surface area (Å²) in [6.07, 6.45) is 0.817. The molecular weight excluding hydrogens is 256 g/mol. The first-order valence-electron chi connectivity index (χ1n) is 7.29. The molecule has 0 bridgehead atoms. The Labute approximate surface area is 120 Å². The summed E-state index contributed by atoms with van der Waals surface area (Å²) in [5.74, 6) is 2.05. The van der Waals surface area contributed by atoms with Gasteiger partial charge in [-0.3, -0.25) is 9.69 Å². The van der Waals surface area contributed by atoms with Crippen LogP contribution in [-0.4, -0.2) is 52.1 Å². The van der Waals surface area contributed by atoms with Crippen molar-refractivity contribution in [2.75, 3.05) is 26.2 Å². The van der Waals surface area contributed by atoms with Crippen LogP contribution in [0.3, 0.4) is 0 Å². The molecule has 0 aliphatic carbocycles. The van der Waals surface area contributed by atoms with E-state index >= 15 is 0 Å².